The Morgan fingerprint density at radius 1 is 1.03 bits per heavy atom. The van der Waals surface area contributed by atoms with Gasteiger partial charge >= 0.3 is 0 Å². The van der Waals surface area contributed by atoms with Crippen LogP contribution in [0.1, 0.15) is 44.2 Å². The Labute approximate surface area is 180 Å². The fraction of sp³-hybridized carbons (Fsp3) is 0.739. The Bertz CT molecular complexity index is 714. The Hall–Kier alpha value is -1.86. The van der Waals surface area contributed by atoms with E-state index in [0.717, 1.165) is 88.7 Å². The number of piperidine rings is 2. The van der Waals surface area contributed by atoms with Crippen LogP contribution in [0.3, 0.4) is 0 Å². The van der Waals surface area contributed by atoms with Gasteiger partial charge < -0.3 is 14.4 Å². The van der Waals surface area contributed by atoms with E-state index in [0.29, 0.717) is 11.9 Å². The third kappa shape index (κ3) is 4.72. The molecule has 0 saturated carbocycles. The van der Waals surface area contributed by atoms with E-state index in [9.17, 15) is 4.79 Å². The highest BCUT2D eigenvalue weighted by molar-refractivity contribution is 5.79. The van der Waals surface area contributed by atoms with Crippen molar-refractivity contribution in [1.29, 1.82) is 0 Å². The number of hydrogen-bond donors (Lipinski definition) is 0. The number of rotatable bonds is 6. The molecule has 3 saturated heterocycles. The quantitative estimate of drug-likeness (QED) is 0.710. The summed E-state index contributed by atoms with van der Waals surface area (Å²) in [6, 6.07) is 2.43. The van der Waals surface area contributed by atoms with E-state index in [1.165, 1.54) is 12.8 Å². The summed E-state index contributed by atoms with van der Waals surface area (Å²) < 4.78 is 11.0. The van der Waals surface area contributed by atoms with E-state index < -0.39 is 0 Å². The predicted molar refractivity (Wildman–Crippen MR) is 116 cm³/mol. The largest absolute Gasteiger partial charge is 0.493 e. The molecular formula is C23H36N4O3. The van der Waals surface area contributed by atoms with Gasteiger partial charge in [0.1, 0.15) is 5.69 Å². The lowest BCUT2D eigenvalue weighted by atomic mass is 9.93. The van der Waals surface area contributed by atoms with E-state index in [1.54, 1.807) is 20.4 Å². The van der Waals surface area contributed by atoms with Crippen LogP contribution in [0.5, 0.6) is 11.5 Å². The molecule has 7 nitrogen and oxygen atoms in total. The number of amides is 1. The van der Waals surface area contributed by atoms with Crippen molar-refractivity contribution in [1.82, 2.24) is 19.7 Å². The molecule has 1 aromatic rings. The molecule has 3 aliphatic rings. The lowest BCUT2D eigenvalue weighted by Crippen LogP contribution is -2.51. The maximum Gasteiger partial charge on any atom is 0.226 e. The summed E-state index contributed by atoms with van der Waals surface area (Å²) in [5.74, 6) is 2.09. The van der Waals surface area contributed by atoms with Crippen LogP contribution in [0, 0.1) is 5.92 Å². The lowest BCUT2D eigenvalue weighted by molar-refractivity contribution is -0.136. The smallest absolute Gasteiger partial charge is 0.226 e. The van der Waals surface area contributed by atoms with Gasteiger partial charge in [0, 0.05) is 57.6 Å². The van der Waals surface area contributed by atoms with Crippen molar-refractivity contribution in [2.75, 3.05) is 53.5 Å². The molecule has 4 heterocycles. The molecule has 0 aromatic carbocycles. The molecule has 1 atom stereocenters. The van der Waals surface area contributed by atoms with Crippen LogP contribution in [0.2, 0.25) is 0 Å². The summed E-state index contributed by atoms with van der Waals surface area (Å²) in [5.41, 5.74) is 0.935. The van der Waals surface area contributed by atoms with E-state index in [1.807, 2.05) is 6.07 Å². The van der Waals surface area contributed by atoms with Crippen molar-refractivity contribution in [3.63, 3.8) is 0 Å². The van der Waals surface area contributed by atoms with Gasteiger partial charge in [-0.2, -0.15) is 0 Å². The minimum atomic E-state index is 0.208. The third-order valence-electron chi connectivity index (χ3n) is 7.03. The monoisotopic (exact) mass is 416 g/mol. The van der Waals surface area contributed by atoms with E-state index in [-0.39, 0.29) is 5.92 Å². The summed E-state index contributed by atoms with van der Waals surface area (Å²) in [5, 5.41) is 0. The second-order valence-corrected chi connectivity index (χ2v) is 8.87. The lowest BCUT2D eigenvalue weighted by Gasteiger charge is -2.42. The van der Waals surface area contributed by atoms with Gasteiger partial charge in [-0.3, -0.25) is 19.6 Å². The van der Waals surface area contributed by atoms with Crippen molar-refractivity contribution >= 4 is 5.91 Å². The molecule has 0 unspecified atom stereocenters. The van der Waals surface area contributed by atoms with Crippen LogP contribution in [0.25, 0.3) is 0 Å². The van der Waals surface area contributed by atoms with Gasteiger partial charge in [-0.25, -0.2) is 0 Å². The van der Waals surface area contributed by atoms with Crippen LogP contribution in [0.4, 0.5) is 0 Å². The van der Waals surface area contributed by atoms with Gasteiger partial charge in [0.05, 0.1) is 20.1 Å². The van der Waals surface area contributed by atoms with Crippen LogP contribution in [-0.4, -0.2) is 85.1 Å². The van der Waals surface area contributed by atoms with Crippen molar-refractivity contribution < 1.29 is 14.3 Å². The number of ether oxygens (including phenoxy) is 2. The van der Waals surface area contributed by atoms with E-state index in [2.05, 4.69) is 19.7 Å². The number of carbonyl (C=O) groups is 1. The number of likely N-dealkylation sites (tertiary alicyclic amines) is 3. The van der Waals surface area contributed by atoms with Gasteiger partial charge in [-0.15, -0.1) is 0 Å². The minimum absolute atomic E-state index is 0.208. The second kappa shape index (κ2) is 9.96. The molecule has 0 spiro atoms. The van der Waals surface area contributed by atoms with Gasteiger partial charge in [0.15, 0.2) is 11.5 Å². The first-order valence-electron chi connectivity index (χ1n) is 11.5. The number of methoxy groups -OCH3 is 2. The molecule has 7 heteroatoms. The average Bonchev–Trinajstić information content (AvgIpc) is 3.34. The topological polar surface area (TPSA) is 58.1 Å². The van der Waals surface area contributed by atoms with Crippen LogP contribution < -0.4 is 9.47 Å². The number of nitrogens with zero attached hydrogens (tertiary/aromatic N) is 4. The van der Waals surface area contributed by atoms with Crippen molar-refractivity contribution in [3.8, 4) is 11.5 Å². The Kier molecular flexibility index (Phi) is 7.10. The molecule has 1 aromatic heterocycles. The van der Waals surface area contributed by atoms with Crippen LogP contribution in [-0.2, 0) is 11.3 Å². The molecule has 4 rings (SSSR count). The zero-order valence-electron chi connectivity index (χ0n) is 18.5. The summed E-state index contributed by atoms with van der Waals surface area (Å²) in [7, 11) is 3.33. The van der Waals surface area contributed by atoms with Crippen molar-refractivity contribution in [2.24, 2.45) is 5.92 Å². The molecule has 0 N–H and O–H groups in total. The third-order valence-corrected chi connectivity index (χ3v) is 7.03. The van der Waals surface area contributed by atoms with E-state index in [4.69, 9.17) is 9.47 Å². The Morgan fingerprint density at radius 2 is 1.80 bits per heavy atom. The van der Waals surface area contributed by atoms with Crippen LogP contribution in [0.15, 0.2) is 12.3 Å². The Balaban J connectivity index is 1.30. The molecule has 1 amide bonds. The van der Waals surface area contributed by atoms with Crippen molar-refractivity contribution in [2.45, 2.75) is 51.1 Å². The van der Waals surface area contributed by atoms with Crippen molar-refractivity contribution in [3.05, 3.63) is 18.0 Å². The number of carbonyl (C=O) groups excluding carboxylic acids is 1. The summed E-state index contributed by atoms with van der Waals surface area (Å²) in [4.78, 5) is 24.5. The zero-order chi connectivity index (χ0) is 20.9. The summed E-state index contributed by atoms with van der Waals surface area (Å²) in [6.45, 7) is 6.90. The van der Waals surface area contributed by atoms with E-state index >= 15 is 0 Å². The normalized spacial score (nSPS) is 24.2. The molecule has 3 fully saturated rings. The first-order chi connectivity index (χ1) is 14.7. The standard InChI is InChI=1S/C23H36N4O3/c1-29-21-7-10-24-20(22(21)30-2)17-25-14-8-19(9-15-25)27-13-5-6-18(16-27)23(28)26-11-3-4-12-26/h7,10,18-19H,3-6,8-9,11-17H2,1-2H3/t18-/m0/s1. The minimum Gasteiger partial charge on any atom is -0.493 e. The maximum atomic E-state index is 12.9. The average molecular weight is 417 g/mol. The molecule has 0 bridgehead atoms. The number of aromatic nitrogens is 1. The van der Waals surface area contributed by atoms with Gasteiger partial charge in [0.25, 0.3) is 0 Å². The van der Waals surface area contributed by atoms with Crippen LogP contribution >= 0.6 is 0 Å². The SMILES string of the molecule is COc1ccnc(CN2CCC(N3CCC[C@H](C(=O)N4CCCC4)C3)CC2)c1OC. The molecule has 0 aliphatic carbocycles. The fourth-order valence-electron chi connectivity index (χ4n) is 5.35. The highest BCUT2D eigenvalue weighted by Gasteiger charge is 2.34. The molecular weight excluding hydrogens is 380 g/mol. The fourth-order valence-corrected chi connectivity index (χ4v) is 5.35. The summed E-state index contributed by atoms with van der Waals surface area (Å²) >= 11 is 0. The van der Waals surface area contributed by atoms with Gasteiger partial charge in [0.2, 0.25) is 5.91 Å². The van der Waals surface area contributed by atoms with Gasteiger partial charge in [-0.1, -0.05) is 0 Å². The van der Waals surface area contributed by atoms with Gasteiger partial charge in [-0.05, 0) is 45.1 Å². The predicted octanol–water partition coefficient (Wildman–Crippen LogP) is 2.40. The maximum absolute atomic E-state index is 12.9. The molecule has 3 aliphatic heterocycles. The zero-order valence-corrected chi connectivity index (χ0v) is 18.5. The number of hydrogen-bond acceptors (Lipinski definition) is 6. The first kappa shape index (κ1) is 21.4. The highest BCUT2D eigenvalue weighted by Crippen LogP contribution is 2.31. The number of pyridine rings is 1. The molecule has 30 heavy (non-hydrogen) atoms. The highest BCUT2D eigenvalue weighted by atomic mass is 16.5. The first-order valence-corrected chi connectivity index (χ1v) is 11.5. The summed E-state index contributed by atoms with van der Waals surface area (Å²) in [6.07, 6.45) is 8.64. The molecule has 166 valence electrons. The molecule has 0 radical (unpaired) electrons. The Morgan fingerprint density at radius 3 is 2.50 bits per heavy atom. The second-order valence-electron chi connectivity index (χ2n) is 8.87.